The standard InChI is InChI=1S/C20H23ClN2O6S2/c1-29-15-3-5-16(6-4-15)31(27,28)23-11-9-14(10-12-23)20(24)22-19-13-17(30(2,25)26)7-8-18(19)21/h3-8,13-14H,9-12H2,1-2H3,(H,22,24). The number of hydrogen-bond acceptors (Lipinski definition) is 6. The van der Waals surface area contributed by atoms with Crippen LogP contribution >= 0.6 is 11.6 Å². The molecular weight excluding hydrogens is 464 g/mol. The molecule has 0 spiro atoms. The molecule has 1 heterocycles. The summed E-state index contributed by atoms with van der Waals surface area (Å²) in [6.45, 7) is 0.396. The fourth-order valence-corrected chi connectivity index (χ4v) is 5.60. The third kappa shape index (κ3) is 5.38. The van der Waals surface area contributed by atoms with Gasteiger partial charge in [0.05, 0.1) is 27.6 Å². The average molecular weight is 487 g/mol. The number of benzene rings is 2. The average Bonchev–Trinajstić information content (AvgIpc) is 2.74. The highest BCUT2D eigenvalue weighted by Gasteiger charge is 2.32. The van der Waals surface area contributed by atoms with E-state index < -0.39 is 25.8 Å². The Balaban J connectivity index is 1.66. The molecule has 168 valence electrons. The van der Waals surface area contributed by atoms with E-state index in [1.807, 2.05) is 0 Å². The van der Waals surface area contributed by atoms with Gasteiger partial charge in [-0.2, -0.15) is 4.31 Å². The molecule has 1 N–H and O–H groups in total. The Hall–Kier alpha value is -2.14. The molecule has 0 radical (unpaired) electrons. The predicted octanol–water partition coefficient (Wildman–Crippen LogP) is 2.79. The van der Waals surface area contributed by atoms with Gasteiger partial charge in [0.1, 0.15) is 5.75 Å². The molecule has 8 nitrogen and oxygen atoms in total. The minimum Gasteiger partial charge on any atom is -0.497 e. The minimum atomic E-state index is -3.67. The third-order valence-electron chi connectivity index (χ3n) is 5.15. The highest BCUT2D eigenvalue weighted by atomic mass is 35.5. The lowest BCUT2D eigenvalue weighted by Crippen LogP contribution is -2.41. The van der Waals surface area contributed by atoms with Crippen LogP contribution in [0.4, 0.5) is 5.69 Å². The zero-order chi connectivity index (χ0) is 22.8. The molecule has 2 aromatic rings. The lowest BCUT2D eigenvalue weighted by atomic mass is 9.97. The van der Waals surface area contributed by atoms with Crippen LogP contribution in [-0.4, -0.2) is 53.5 Å². The quantitative estimate of drug-likeness (QED) is 0.672. The Bertz CT molecular complexity index is 1170. The number of amides is 1. The second kappa shape index (κ2) is 9.15. The number of carbonyl (C=O) groups excluding carboxylic acids is 1. The number of sulfone groups is 1. The van der Waals surface area contributed by atoms with Crippen molar-refractivity contribution in [3.05, 3.63) is 47.5 Å². The first kappa shape index (κ1) is 23.5. The molecule has 1 aliphatic rings. The summed E-state index contributed by atoms with van der Waals surface area (Å²) in [5, 5.41) is 2.90. The van der Waals surface area contributed by atoms with E-state index in [0.717, 1.165) is 6.26 Å². The number of methoxy groups -OCH3 is 1. The van der Waals surface area contributed by atoms with Gasteiger partial charge in [0, 0.05) is 25.3 Å². The van der Waals surface area contributed by atoms with Gasteiger partial charge in [-0.1, -0.05) is 11.6 Å². The SMILES string of the molecule is COc1ccc(S(=O)(=O)N2CCC(C(=O)Nc3cc(S(C)(=O)=O)ccc3Cl)CC2)cc1. The Morgan fingerprint density at radius 1 is 1.03 bits per heavy atom. The fourth-order valence-electron chi connectivity index (χ4n) is 3.32. The number of hydrogen-bond donors (Lipinski definition) is 1. The van der Waals surface area contributed by atoms with E-state index in [4.69, 9.17) is 16.3 Å². The second-order valence-corrected chi connectivity index (χ2v) is 11.6. The number of sulfonamides is 1. The Morgan fingerprint density at radius 2 is 1.61 bits per heavy atom. The van der Waals surface area contributed by atoms with E-state index in [2.05, 4.69) is 5.32 Å². The van der Waals surface area contributed by atoms with Crippen LogP contribution in [0.2, 0.25) is 5.02 Å². The molecule has 1 fully saturated rings. The number of nitrogens with zero attached hydrogens (tertiary/aromatic N) is 1. The van der Waals surface area contributed by atoms with Crippen molar-refractivity contribution in [1.29, 1.82) is 0 Å². The summed E-state index contributed by atoms with van der Waals surface area (Å²) in [4.78, 5) is 12.9. The summed E-state index contributed by atoms with van der Waals surface area (Å²) in [6.07, 6.45) is 1.75. The Kier molecular flexibility index (Phi) is 6.95. The molecule has 3 rings (SSSR count). The molecular formula is C20H23ClN2O6S2. The highest BCUT2D eigenvalue weighted by molar-refractivity contribution is 7.90. The summed E-state index contributed by atoms with van der Waals surface area (Å²) in [6, 6.07) is 10.3. The van der Waals surface area contributed by atoms with E-state index in [-0.39, 0.29) is 39.5 Å². The van der Waals surface area contributed by atoms with Crippen molar-refractivity contribution in [3.8, 4) is 5.75 Å². The molecule has 1 aliphatic heterocycles. The molecule has 0 aliphatic carbocycles. The zero-order valence-corrected chi connectivity index (χ0v) is 19.4. The number of halogens is 1. The van der Waals surface area contributed by atoms with Crippen LogP contribution in [0.3, 0.4) is 0 Å². The van der Waals surface area contributed by atoms with Crippen molar-refractivity contribution in [2.45, 2.75) is 22.6 Å². The minimum absolute atomic E-state index is 0.0487. The van der Waals surface area contributed by atoms with Crippen LogP contribution in [0.15, 0.2) is 52.3 Å². The zero-order valence-electron chi connectivity index (χ0n) is 17.0. The van der Waals surface area contributed by atoms with Gasteiger partial charge in [0.25, 0.3) is 0 Å². The van der Waals surface area contributed by atoms with Crippen molar-refractivity contribution in [2.24, 2.45) is 5.92 Å². The summed E-state index contributed by atoms with van der Waals surface area (Å²) >= 11 is 6.10. The Labute approximate surface area is 187 Å². The van der Waals surface area contributed by atoms with Crippen LogP contribution in [-0.2, 0) is 24.7 Å². The largest absolute Gasteiger partial charge is 0.497 e. The first-order valence-corrected chi connectivity index (χ1v) is 13.2. The maximum atomic E-state index is 12.8. The maximum Gasteiger partial charge on any atom is 0.243 e. The van der Waals surface area contributed by atoms with Crippen LogP contribution < -0.4 is 10.1 Å². The van der Waals surface area contributed by atoms with Crippen molar-refractivity contribution in [2.75, 3.05) is 31.8 Å². The van der Waals surface area contributed by atoms with Crippen LogP contribution in [0, 0.1) is 5.92 Å². The van der Waals surface area contributed by atoms with E-state index >= 15 is 0 Å². The number of piperidine rings is 1. The van der Waals surface area contributed by atoms with Gasteiger partial charge in [-0.05, 0) is 55.3 Å². The first-order valence-electron chi connectivity index (χ1n) is 9.47. The van der Waals surface area contributed by atoms with Gasteiger partial charge in [-0.15, -0.1) is 0 Å². The van der Waals surface area contributed by atoms with E-state index in [0.29, 0.717) is 18.6 Å². The molecule has 0 bridgehead atoms. The van der Waals surface area contributed by atoms with Gasteiger partial charge >= 0.3 is 0 Å². The molecule has 31 heavy (non-hydrogen) atoms. The van der Waals surface area contributed by atoms with Gasteiger partial charge in [-0.3, -0.25) is 4.79 Å². The molecule has 0 saturated carbocycles. The molecule has 0 aromatic heterocycles. The molecule has 2 aromatic carbocycles. The summed E-state index contributed by atoms with van der Waals surface area (Å²) in [5.74, 6) is -0.178. The number of ether oxygens (including phenoxy) is 1. The highest BCUT2D eigenvalue weighted by Crippen LogP contribution is 2.29. The normalized spacial score (nSPS) is 16.1. The first-order chi connectivity index (χ1) is 14.5. The van der Waals surface area contributed by atoms with Gasteiger partial charge in [0.2, 0.25) is 15.9 Å². The summed E-state index contributed by atoms with van der Waals surface area (Å²) in [5.41, 5.74) is 0.211. The van der Waals surface area contributed by atoms with E-state index in [1.165, 1.54) is 41.7 Å². The second-order valence-electron chi connectivity index (χ2n) is 7.26. The summed E-state index contributed by atoms with van der Waals surface area (Å²) in [7, 11) is -5.61. The van der Waals surface area contributed by atoms with Gasteiger partial charge < -0.3 is 10.1 Å². The number of rotatable bonds is 6. The topological polar surface area (TPSA) is 110 Å². The van der Waals surface area contributed by atoms with Crippen LogP contribution in [0.25, 0.3) is 0 Å². The fraction of sp³-hybridized carbons (Fsp3) is 0.350. The number of nitrogens with one attached hydrogen (secondary N) is 1. The molecule has 11 heteroatoms. The van der Waals surface area contributed by atoms with Crippen LogP contribution in [0.1, 0.15) is 12.8 Å². The molecule has 0 atom stereocenters. The molecule has 1 saturated heterocycles. The Morgan fingerprint density at radius 3 is 2.16 bits per heavy atom. The summed E-state index contributed by atoms with van der Waals surface area (Å²) < 4.78 is 55.6. The molecule has 1 amide bonds. The lowest BCUT2D eigenvalue weighted by Gasteiger charge is -2.30. The van der Waals surface area contributed by atoms with Crippen molar-refractivity contribution in [3.63, 3.8) is 0 Å². The number of carbonyl (C=O) groups is 1. The van der Waals surface area contributed by atoms with Crippen molar-refractivity contribution < 1.29 is 26.4 Å². The van der Waals surface area contributed by atoms with Crippen LogP contribution in [0.5, 0.6) is 5.75 Å². The van der Waals surface area contributed by atoms with Gasteiger partial charge in [0.15, 0.2) is 9.84 Å². The number of anilines is 1. The predicted molar refractivity (Wildman–Crippen MR) is 118 cm³/mol. The van der Waals surface area contributed by atoms with E-state index in [1.54, 1.807) is 12.1 Å². The maximum absolute atomic E-state index is 12.8. The smallest absolute Gasteiger partial charge is 0.243 e. The van der Waals surface area contributed by atoms with Crippen molar-refractivity contribution in [1.82, 2.24) is 4.31 Å². The lowest BCUT2D eigenvalue weighted by molar-refractivity contribution is -0.120. The molecule has 0 unspecified atom stereocenters. The van der Waals surface area contributed by atoms with Crippen molar-refractivity contribution >= 4 is 43.1 Å². The monoisotopic (exact) mass is 486 g/mol. The van der Waals surface area contributed by atoms with Gasteiger partial charge in [-0.25, -0.2) is 16.8 Å². The van der Waals surface area contributed by atoms with E-state index in [9.17, 15) is 21.6 Å². The third-order valence-corrected chi connectivity index (χ3v) is 8.50.